The number of carbonyl (C=O) groups excluding carboxylic acids is 2. The van der Waals surface area contributed by atoms with Crippen molar-refractivity contribution in [3.63, 3.8) is 0 Å². The van der Waals surface area contributed by atoms with Crippen LogP contribution in [0.25, 0.3) is 0 Å². The van der Waals surface area contributed by atoms with E-state index >= 15 is 0 Å². The number of aliphatic hydroxyl groups excluding tert-OH is 7. The lowest BCUT2D eigenvalue weighted by Crippen LogP contribution is -2.62. The molecular weight excluding hydrogens is 576 g/mol. The summed E-state index contributed by atoms with van der Waals surface area (Å²) in [7, 11) is 1.33. The summed E-state index contributed by atoms with van der Waals surface area (Å²) in [4.78, 5) is 27.1. The van der Waals surface area contributed by atoms with Crippen LogP contribution in [0.1, 0.15) is 46.9 Å². The summed E-state index contributed by atoms with van der Waals surface area (Å²) in [5.74, 6) is -1.06. The van der Waals surface area contributed by atoms with Gasteiger partial charge in [0.1, 0.15) is 60.3 Å². The van der Waals surface area contributed by atoms with Crippen LogP contribution in [-0.2, 0) is 14.2 Å². The smallest absolute Gasteiger partial charge is 0.229 e. The van der Waals surface area contributed by atoms with Gasteiger partial charge in [0.15, 0.2) is 17.9 Å². The van der Waals surface area contributed by atoms with Crippen LogP contribution in [0.15, 0.2) is 23.3 Å². The predicted molar refractivity (Wildman–Crippen MR) is 140 cm³/mol. The molecule has 0 spiro atoms. The Labute approximate surface area is 245 Å². The van der Waals surface area contributed by atoms with E-state index in [4.69, 9.17) is 23.7 Å². The molecule has 2 aliphatic heterocycles. The summed E-state index contributed by atoms with van der Waals surface area (Å²) in [5, 5.41) is 81.9. The molecule has 15 nitrogen and oxygen atoms in total. The molecule has 2 aliphatic carbocycles. The topological polar surface area (TPSA) is 242 Å². The minimum absolute atomic E-state index is 0.00952. The molecule has 0 radical (unpaired) electrons. The van der Waals surface area contributed by atoms with Gasteiger partial charge in [0.25, 0.3) is 0 Å². The Morgan fingerprint density at radius 2 is 1.49 bits per heavy atom. The van der Waals surface area contributed by atoms with Gasteiger partial charge in [-0.2, -0.15) is 0 Å². The number of aliphatic hydroxyl groups is 8. The van der Waals surface area contributed by atoms with Crippen LogP contribution in [0.5, 0.6) is 11.5 Å². The summed E-state index contributed by atoms with van der Waals surface area (Å²) in [5.41, 5.74) is -0.870. The molecule has 43 heavy (non-hydrogen) atoms. The number of ketones is 2. The Morgan fingerprint density at radius 3 is 2.14 bits per heavy atom. The Hall–Kier alpha value is -2.54. The fourth-order valence-electron chi connectivity index (χ4n) is 5.79. The summed E-state index contributed by atoms with van der Waals surface area (Å²) < 4.78 is 27.6. The number of fused-ring (bicyclic) bond motifs is 1. The Bertz CT molecular complexity index is 1270. The lowest BCUT2D eigenvalue weighted by atomic mass is 9.72. The molecule has 2 saturated heterocycles. The van der Waals surface area contributed by atoms with Gasteiger partial charge in [0.2, 0.25) is 6.29 Å². The Kier molecular flexibility index (Phi) is 8.97. The number of carbonyl (C=O) groups is 2. The number of allylic oxidation sites excluding steroid dienone is 1. The first-order valence-corrected chi connectivity index (χ1v) is 13.8. The van der Waals surface area contributed by atoms with Crippen LogP contribution in [0, 0.1) is 0 Å². The van der Waals surface area contributed by atoms with Gasteiger partial charge in [-0.15, -0.1) is 0 Å². The second-order valence-electron chi connectivity index (χ2n) is 11.5. The van der Waals surface area contributed by atoms with E-state index in [1.165, 1.54) is 19.2 Å². The molecular formula is C28H36O15. The van der Waals surface area contributed by atoms with E-state index in [0.29, 0.717) is 0 Å². The highest BCUT2D eigenvalue weighted by Gasteiger charge is 2.49. The molecule has 11 unspecified atom stereocenters. The van der Waals surface area contributed by atoms with Crippen LogP contribution in [0.4, 0.5) is 0 Å². The van der Waals surface area contributed by atoms with Gasteiger partial charge < -0.3 is 64.5 Å². The Balaban J connectivity index is 1.38. The number of ether oxygens (including phenoxy) is 5. The molecule has 238 valence electrons. The van der Waals surface area contributed by atoms with Gasteiger partial charge >= 0.3 is 0 Å². The normalized spacial score (nSPS) is 39.8. The zero-order chi connectivity index (χ0) is 31.4. The third kappa shape index (κ3) is 5.83. The summed E-state index contributed by atoms with van der Waals surface area (Å²) in [6.07, 6.45) is -16.0. The molecule has 1 aromatic rings. The SMILES string of the molecule is COc1cc(OC2OC(COC3OC(CO)C(O)C(O)C3O)C(O)C(O)C2O)c2c(c1)C(=O)C1=C(CCC(C)(O)C1)C2=O. The lowest BCUT2D eigenvalue weighted by Gasteiger charge is -2.42. The molecule has 8 N–H and O–H groups in total. The van der Waals surface area contributed by atoms with Gasteiger partial charge in [-0.05, 0) is 25.8 Å². The molecule has 4 aliphatic rings. The molecule has 0 bridgehead atoms. The van der Waals surface area contributed by atoms with Crippen LogP contribution < -0.4 is 9.47 Å². The molecule has 0 aromatic heterocycles. The van der Waals surface area contributed by atoms with Gasteiger partial charge in [0, 0.05) is 29.2 Å². The van der Waals surface area contributed by atoms with E-state index in [9.17, 15) is 50.4 Å². The fraction of sp³-hybridized carbons (Fsp3) is 0.643. The molecule has 2 heterocycles. The minimum Gasteiger partial charge on any atom is -0.497 e. The van der Waals surface area contributed by atoms with Crippen molar-refractivity contribution in [2.75, 3.05) is 20.3 Å². The van der Waals surface area contributed by atoms with Gasteiger partial charge in [-0.3, -0.25) is 9.59 Å². The summed E-state index contributed by atoms with van der Waals surface area (Å²) in [6.45, 7) is 0.304. The quantitative estimate of drug-likeness (QED) is 0.156. The molecule has 11 atom stereocenters. The number of benzene rings is 1. The van der Waals surface area contributed by atoms with E-state index in [1.807, 2.05) is 0 Å². The minimum atomic E-state index is -1.84. The van der Waals surface area contributed by atoms with Gasteiger partial charge in [0.05, 0.1) is 31.5 Å². The molecule has 2 fully saturated rings. The van der Waals surface area contributed by atoms with Crippen molar-refractivity contribution >= 4 is 11.6 Å². The molecule has 15 heteroatoms. The van der Waals surface area contributed by atoms with Crippen LogP contribution in [0.2, 0.25) is 0 Å². The van der Waals surface area contributed by atoms with Crippen molar-refractivity contribution in [1.29, 1.82) is 0 Å². The highest BCUT2D eigenvalue weighted by atomic mass is 16.7. The third-order valence-corrected chi connectivity index (χ3v) is 8.35. The summed E-state index contributed by atoms with van der Waals surface area (Å²) in [6, 6.07) is 2.67. The van der Waals surface area contributed by atoms with Gasteiger partial charge in [-0.1, -0.05) is 0 Å². The average molecular weight is 613 g/mol. The van der Waals surface area contributed by atoms with E-state index < -0.39 is 91.8 Å². The summed E-state index contributed by atoms with van der Waals surface area (Å²) >= 11 is 0. The maximum absolute atomic E-state index is 13.6. The highest BCUT2D eigenvalue weighted by Crippen LogP contribution is 2.44. The lowest BCUT2D eigenvalue weighted by molar-refractivity contribution is -0.323. The first-order chi connectivity index (χ1) is 20.3. The Morgan fingerprint density at radius 1 is 0.860 bits per heavy atom. The monoisotopic (exact) mass is 612 g/mol. The molecule has 5 rings (SSSR count). The van der Waals surface area contributed by atoms with Crippen molar-refractivity contribution in [3.05, 3.63) is 34.4 Å². The first kappa shape index (κ1) is 31.9. The van der Waals surface area contributed by atoms with Crippen LogP contribution >= 0.6 is 0 Å². The van der Waals surface area contributed by atoms with Crippen molar-refractivity contribution in [1.82, 2.24) is 0 Å². The highest BCUT2D eigenvalue weighted by molar-refractivity contribution is 6.28. The largest absolute Gasteiger partial charge is 0.497 e. The second-order valence-corrected chi connectivity index (χ2v) is 11.5. The number of methoxy groups -OCH3 is 1. The van der Waals surface area contributed by atoms with E-state index in [2.05, 4.69) is 0 Å². The van der Waals surface area contributed by atoms with Crippen molar-refractivity contribution in [2.24, 2.45) is 0 Å². The van der Waals surface area contributed by atoms with Crippen molar-refractivity contribution < 1.29 is 74.1 Å². The van der Waals surface area contributed by atoms with Crippen LogP contribution in [-0.4, -0.2) is 140 Å². The molecule has 1 aromatic carbocycles. The average Bonchev–Trinajstić information content (AvgIpc) is 2.98. The van der Waals surface area contributed by atoms with E-state index in [0.717, 1.165) is 0 Å². The second kappa shape index (κ2) is 12.1. The standard InChI is InChI=1S/C28H36O15/c1-28(38)4-3-11-13(7-28)18(30)12-5-10(39-2)6-14(17(12)19(11)31)41-27-25(37)23(35)21(33)16(43-27)9-40-26-24(36)22(34)20(32)15(8-29)42-26/h5-6,15-16,20-27,29,32-38H,3-4,7-9H2,1-2H3. The molecule has 0 saturated carbocycles. The third-order valence-electron chi connectivity index (χ3n) is 8.35. The maximum atomic E-state index is 13.6. The zero-order valence-corrected chi connectivity index (χ0v) is 23.4. The van der Waals surface area contributed by atoms with Crippen molar-refractivity contribution in [3.8, 4) is 11.5 Å². The molecule has 0 amide bonds. The number of hydrogen-bond donors (Lipinski definition) is 8. The van der Waals surface area contributed by atoms with E-state index in [-0.39, 0.29) is 53.0 Å². The zero-order valence-electron chi connectivity index (χ0n) is 23.4. The number of Topliss-reactive ketones (excluding diaryl/α,β-unsaturated/α-hetero) is 2. The first-order valence-electron chi connectivity index (χ1n) is 13.8. The number of hydrogen-bond acceptors (Lipinski definition) is 15. The van der Waals surface area contributed by atoms with E-state index in [1.54, 1.807) is 6.92 Å². The van der Waals surface area contributed by atoms with Crippen molar-refractivity contribution in [2.45, 2.75) is 93.2 Å². The fourth-order valence-corrected chi connectivity index (χ4v) is 5.79. The number of rotatable bonds is 7. The maximum Gasteiger partial charge on any atom is 0.229 e. The van der Waals surface area contributed by atoms with Gasteiger partial charge in [-0.25, -0.2) is 0 Å². The predicted octanol–water partition coefficient (Wildman–Crippen LogP) is -2.69. The van der Waals surface area contributed by atoms with Crippen LogP contribution in [0.3, 0.4) is 0 Å².